The third-order valence-electron chi connectivity index (χ3n) is 3.20. The fourth-order valence-electron chi connectivity index (χ4n) is 2.12. The Labute approximate surface area is 139 Å². The van der Waals surface area contributed by atoms with Gasteiger partial charge in [0, 0.05) is 5.56 Å². The van der Waals surface area contributed by atoms with Crippen molar-refractivity contribution in [2.45, 2.75) is 6.92 Å². The maximum atomic E-state index is 5.45. The topological polar surface area (TPSA) is 55.2 Å². The van der Waals surface area contributed by atoms with Crippen LogP contribution in [0.3, 0.4) is 0 Å². The Kier molecular flexibility index (Phi) is 4.63. The van der Waals surface area contributed by atoms with Gasteiger partial charge in [0.1, 0.15) is 5.75 Å². The van der Waals surface area contributed by atoms with Gasteiger partial charge in [-0.2, -0.15) is 14.9 Å². The summed E-state index contributed by atoms with van der Waals surface area (Å²) in [7, 11) is 0. The standard InChI is InChI=1S/C17H16N4OS/c1-2-22-15-10-8-14(9-11-15)16-19-20-17(23)21(16)18-12-13-6-4-3-5-7-13/h3-12H,2H2,1H3,(H,20,23)/b18-12+. The molecule has 0 amide bonds. The number of aromatic nitrogens is 3. The lowest BCUT2D eigenvalue weighted by atomic mass is 10.2. The van der Waals surface area contributed by atoms with Crippen molar-refractivity contribution >= 4 is 18.4 Å². The molecule has 3 aromatic rings. The van der Waals surface area contributed by atoms with Crippen LogP contribution >= 0.6 is 12.2 Å². The number of nitrogens with one attached hydrogen (secondary N) is 1. The van der Waals surface area contributed by atoms with Crippen LogP contribution in [-0.4, -0.2) is 27.7 Å². The average Bonchev–Trinajstić information content (AvgIpc) is 2.96. The zero-order chi connectivity index (χ0) is 16.1. The predicted octanol–water partition coefficient (Wildman–Crippen LogP) is 3.89. The Bertz CT molecular complexity index is 850. The zero-order valence-corrected chi connectivity index (χ0v) is 13.5. The third-order valence-corrected chi connectivity index (χ3v) is 3.46. The van der Waals surface area contributed by atoms with Crippen LogP contribution in [0, 0.1) is 4.77 Å². The summed E-state index contributed by atoms with van der Waals surface area (Å²) < 4.78 is 7.51. The van der Waals surface area contributed by atoms with E-state index in [9.17, 15) is 0 Å². The molecular formula is C17H16N4OS. The molecule has 0 atom stereocenters. The second kappa shape index (κ2) is 7.02. The number of rotatable bonds is 5. The maximum absolute atomic E-state index is 5.45. The summed E-state index contributed by atoms with van der Waals surface area (Å²) in [5.41, 5.74) is 1.90. The van der Waals surface area contributed by atoms with Gasteiger partial charge < -0.3 is 4.74 Å². The summed E-state index contributed by atoms with van der Waals surface area (Å²) in [5.74, 6) is 1.48. The smallest absolute Gasteiger partial charge is 0.216 e. The van der Waals surface area contributed by atoms with Crippen LogP contribution in [0.4, 0.5) is 0 Å². The Hall–Kier alpha value is -2.73. The minimum absolute atomic E-state index is 0.445. The summed E-state index contributed by atoms with van der Waals surface area (Å²) in [6, 6.07) is 17.5. The predicted molar refractivity (Wildman–Crippen MR) is 93.5 cm³/mol. The normalized spacial score (nSPS) is 11.0. The highest BCUT2D eigenvalue weighted by atomic mass is 32.1. The van der Waals surface area contributed by atoms with Gasteiger partial charge in [0.05, 0.1) is 12.8 Å². The lowest BCUT2D eigenvalue weighted by molar-refractivity contribution is 0.340. The first-order chi connectivity index (χ1) is 11.3. The second-order valence-corrected chi connectivity index (χ2v) is 5.16. The van der Waals surface area contributed by atoms with Gasteiger partial charge in [-0.15, -0.1) is 0 Å². The third kappa shape index (κ3) is 3.54. The minimum atomic E-state index is 0.445. The highest BCUT2D eigenvalue weighted by molar-refractivity contribution is 7.71. The average molecular weight is 324 g/mol. The van der Waals surface area contributed by atoms with Crippen molar-refractivity contribution in [1.82, 2.24) is 14.9 Å². The van der Waals surface area contributed by atoms with Gasteiger partial charge in [-0.25, -0.2) is 5.10 Å². The second-order valence-electron chi connectivity index (χ2n) is 4.78. The van der Waals surface area contributed by atoms with E-state index in [2.05, 4.69) is 15.3 Å². The van der Waals surface area contributed by atoms with E-state index >= 15 is 0 Å². The van der Waals surface area contributed by atoms with Crippen molar-refractivity contribution in [2.24, 2.45) is 5.10 Å². The van der Waals surface area contributed by atoms with E-state index in [1.54, 1.807) is 10.9 Å². The first kappa shape index (κ1) is 15.2. The molecule has 0 fully saturated rings. The molecule has 0 aliphatic rings. The number of H-pyrrole nitrogens is 1. The summed E-state index contributed by atoms with van der Waals surface area (Å²) in [6.07, 6.45) is 1.75. The van der Waals surface area contributed by atoms with E-state index in [-0.39, 0.29) is 0 Å². The summed E-state index contributed by atoms with van der Waals surface area (Å²) in [6.45, 7) is 2.59. The van der Waals surface area contributed by atoms with Gasteiger partial charge in [-0.1, -0.05) is 30.3 Å². The summed E-state index contributed by atoms with van der Waals surface area (Å²) in [4.78, 5) is 0. The molecule has 1 N–H and O–H groups in total. The van der Waals surface area contributed by atoms with E-state index in [0.29, 0.717) is 17.2 Å². The summed E-state index contributed by atoms with van der Waals surface area (Å²) in [5, 5.41) is 11.5. The Morgan fingerprint density at radius 2 is 1.91 bits per heavy atom. The highest BCUT2D eigenvalue weighted by Crippen LogP contribution is 2.21. The molecule has 116 valence electrons. The molecule has 0 aliphatic carbocycles. The zero-order valence-electron chi connectivity index (χ0n) is 12.6. The van der Waals surface area contributed by atoms with Gasteiger partial charge in [0.15, 0.2) is 5.82 Å². The minimum Gasteiger partial charge on any atom is -0.494 e. The van der Waals surface area contributed by atoms with Crippen LogP contribution < -0.4 is 4.74 Å². The van der Waals surface area contributed by atoms with Crippen LogP contribution in [-0.2, 0) is 0 Å². The Morgan fingerprint density at radius 3 is 2.61 bits per heavy atom. The van der Waals surface area contributed by atoms with Crippen molar-refractivity contribution in [1.29, 1.82) is 0 Å². The molecule has 3 rings (SSSR count). The van der Waals surface area contributed by atoms with E-state index in [4.69, 9.17) is 17.0 Å². The molecule has 2 aromatic carbocycles. The monoisotopic (exact) mass is 324 g/mol. The van der Waals surface area contributed by atoms with Crippen molar-refractivity contribution in [3.05, 3.63) is 64.9 Å². The number of hydrogen-bond donors (Lipinski definition) is 1. The SMILES string of the molecule is CCOc1ccc(-c2n[nH]c(=S)n2/N=C/c2ccccc2)cc1. The maximum Gasteiger partial charge on any atom is 0.216 e. The molecule has 23 heavy (non-hydrogen) atoms. The lowest BCUT2D eigenvalue weighted by Gasteiger charge is -2.04. The molecule has 0 aliphatic heterocycles. The van der Waals surface area contributed by atoms with Crippen LogP contribution in [0.15, 0.2) is 59.7 Å². The molecule has 0 bridgehead atoms. The van der Waals surface area contributed by atoms with E-state index in [1.165, 1.54) is 0 Å². The Balaban J connectivity index is 1.92. The van der Waals surface area contributed by atoms with Gasteiger partial charge in [-0.05, 0) is 49.0 Å². The highest BCUT2D eigenvalue weighted by Gasteiger charge is 2.08. The largest absolute Gasteiger partial charge is 0.494 e. The molecule has 0 saturated heterocycles. The first-order valence-corrected chi connectivity index (χ1v) is 7.69. The fourth-order valence-corrected chi connectivity index (χ4v) is 2.30. The van der Waals surface area contributed by atoms with E-state index in [0.717, 1.165) is 16.9 Å². The van der Waals surface area contributed by atoms with Crippen molar-refractivity contribution in [3.8, 4) is 17.1 Å². The lowest BCUT2D eigenvalue weighted by Crippen LogP contribution is -1.95. The van der Waals surface area contributed by atoms with Crippen LogP contribution in [0.2, 0.25) is 0 Å². The van der Waals surface area contributed by atoms with Crippen molar-refractivity contribution in [2.75, 3.05) is 6.61 Å². The van der Waals surface area contributed by atoms with Crippen LogP contribution in [0.25, 0.3) is 11.4 Å². The number of aromatic amines is 1. The Morgan fingerprint density at radius 1 is 1.17 bits per heavy atom. The number of nitrogens with zero attached hydrogens (tertiary/aromatic N) is 3. The number of benzene rings is 2. The number of hydrogen-bond acceptors (Lipinski definition) is 4. The first-order valence-electron chi connectivity index (χ1n) is 7.28. The van der Waals surface area contributed by atoms with Gasteiger partial charge in [0.2, 0.25) is 4.77 Å². The quantitative estimate of drug-likeness (QED) is 0.572. The van der Waals surface area contributed by atoms with Crippen LogP contribution in [0.1, 0.15) is 12.5 Å². The molecule has 0 spiro atoms. The van der Waals surface area contributed by atoms with E-state index in [1.807, 2.05) is 61.5 Å². The number of ether oxygens (including phenoxy) is 1. The van der Waals surface area contributed by atoms with Gasteiger partial charge >= 0.3 is 0 Å². The molecule has 0 radical (unpaired) electrons. The molecule has 5 nitrogen and oxygen atoms in total. The molecular weight excluding hydrogens is 308 g/mol. The van der Waals surface area contributed by atoms with Gasteiger partial charge in [-0.3, -0.25) is 0 Å². The van der Waals surface area contributed by atoms with Crippen LogP contribution in [0.5, 0.6) is 5.75 Å². The fraction of sp³-hybridized carbons (Fsp3) is 0.118. The van der Waals surface area contributed by atoms with Crippen molar-refractivity contribution < 1.29 is 4.74 Å². The molecule has 0 unspecified atom stereocenters. The van der Waals surface area contributed by atoms with E-state index < -0.39 is 0 Å². The summed E-state index contributed by atoms with van der Waals surface area (Å²) >= 11 is 5.26. The van der Waals surface area contributed by atoms with Crippen molar-refractivity contribution in [3.63, 3.8) is 0 Å². The molecule has 1 heterocycles. The molecule has 1 aromatic heterocycles. The molecule has 6 heteroatoms. The van der Waals surface area contributed by atoms with Gasteiger partial charge in [0.25, 0.3) is 0 Å². The molecule has 0 saturated carbocycles.